The standard InChI is InChI=1S/C30H38ClF5N4O2/c1-18(2)14-21-17-40(13-12-39(21)11-10-30(34,35)36)24-15-20(31)7-9-23(24)38-27(41)22-8-6-19(25(32)26(22)33)16-37-28(42)29(3,4)5/h6-9,15,18,21H,10-14,16-17H2,1-5H3,(H,37,42)(H,38,41)/t21-/m0/s1. The van der Waals surface area contributed by atoms with Gasteiger partial charge in [0.25, 0.3) is 5.91 Å². The van der Waals surface area contributed by atoms with Gasteiger partial charge in [0, 0.05) is 54.8 Å². The Balaban J connectivity index is 1.80. The van der Waals surface area contributed by atoms with E-state index in [1.54, 1.807) is 39.0 Å². The van der Waals surface area contributed by atoms with Crippen molar-refractivity contribution in [3.63, 3.8) is 0 Å². The quantitative estimate of drug-likeness (QED) is 0.297. The molecule has 0 radical (unpaired) electrons. The molecule has 232 valence electrons. The molecule has 1 heterocycles. The van der Waals surface area contributed by atoms with Gasteiger partial charge in [-0.25, -0.2) is 8.78 Å². The molecule has 0 aliphatic carbocycles. The van der Waals surface area contributed by atoms with E-state index in [1.165, 1.54) is 6.07 Å². The first-order valence-electron chi connectivity index (χ1n) is 13.9. The molecule has 0 unspecified atom stereocenters. The van der Waals surface area contributed by atoms with Crippen molar-refractivity contribution in [3.05, 3.63) is 58.1 Å². The van der Waals surface area contributed by atoms with Crippen LogP contribution in [0.1, 0.15) is 63.4 Å². The zero-order valence-electron chi connectivity index (χ0n) is 24.5. The average molecular weight is 617 g/mol. The van der Waals surface area contributed by atoms with Gasteiger partial charge in [0.2, 0.25) is 5.91 Å². The Labute approximate surface area is 248 Å². The van der Waals surface area contributed by atoms with Gasteiger partial charge < -0.3 is 15.5 Å². The molecule has 1 fully saturated rings. The normalized spacial score (nSPS) is 16.6. The topological polar surface area (TPSA) is 64.7 Å². The number of nitrogens with one attached hydrogen (secondary N) is 2. The largest absolute Gasteiger partial charge is 0.390 e. The number of carbonyl (C=O) groups is 2. The van der Waals surface area contributed by atoms with Crippen LogP contribution in [0.5, 0.6) is 0 Å². The Morgan fingerprint density at radius 1 is 1.05 bits per heavy atom. The molecule has 42 heavy (non-hydrogen) atoms. The van der Waals surface area contributed by atoms with Crippen LogP contribution < -0.4 is 15.5 Å². The summed E-state index contributed by atoms with van der Waals surface area (Å²) in [6.07, 6.45) is -4.48. The third kappa shape index (κ3) is 9.04. The summed E-state index contributed by atoms with van der Waals surface area (Å²) in [7, 11) is 0. The van der Waals surface area contributed by atoms with E-state index in [-0.39, 0.29) is 36.5 Å². The Bertz CT molecular complexity index is 1280. The number of amides is 2. The fraction of sp³-hybridized carbons (Fsp3) is 0.533. The number of hydrogen-bond donors (Lipinski definition) is 2. The summed E-state index contributed by atoms with van der Waals surface area (Å²) < 4.78 is 68.6. The lowest BCUT2D eigenvalue weighted by molar-refractivity contribution is -0.139. The molecule has 0 bridgehead atoms. The summed E-state index contributed by atoms with van der Waals surface area (Å²) >= 11 is 6.27. The fourth-order valence-electron chi connectivity index (χ4n) is 4.85. The third-order valence-corrected chi connectivity index (χ3v) is 7.34. The highest BCUT2D eigenvalue weighted by Gasteiger charge is 2.33. The van der Waals surface area contributed by atoms with Crippen LogP contribution in [0, 0.1) is 23.0 Å². The summed E-state index contributed by atoms with van der Waals surface area (Å²) in [5.74, 6) is -3.57. The zero-order chi connectivity index (χ0) is 31.4. The predicted molar refractivity (Wildman–Crippen MR) is 155 cm³/mol. The van der Waals surface area contributed by atoms with Gasteiger partial charge >= 0.3 is 6.18 Å². The van der Waals surface area contributed by atoms with Crippen molar-refractivity contribution in [2.24, 2.45) is 11.3 Å². The molecule has 6 nitrogen and oxygen atoms in total. The van der Waals surface area contributed by atoms with E-state index in [9.17, 15) is 31.5 Å². The maximum atomic E-state index is 15.0. The molecule has 0 spiro atoms. The van der Waals surface area contributed by atoms with E-state index < -0.39 is 41.1 Å². The van der Waals surface area contributed by atoms with Crippen LogP contribution in [-0.4, -0.2) is 55.1 Å². The SMILES string of the molecule is CC(C)C[C@H]1CN(c2cc(Cl)ccc2NC(=O)c2ccc(CNC(=O)C(C)(C)C)c(F)c2F)CCN1CCC(F)(F)F. The van der Waals surface area contributed by atoms with Crippen LogP contribution in [0.2, 0.25) is 5.02 Å². The Kier molecular flexibility index (Phi) is 10.9. The Morgan fingerprint density at radius 3 is 2.36 bits per heavy atom. The molecule has 1 saturated heterocycles. The summed E-state index contributed by atoms with van der Waals surface area (Å²) in [6.45, 7) is 9.89. The summed E-state index contributed by atoms with van der Waals surface area (Å²) in [5, 5.41) is 5.57. The van der Waals surface area contributed by atoms with Crippen molar-refractivity contribution >= 4 is 34.8 Å². The van der Waals surface area contributed by atoms with Gasteiger partial charge in [-0.1, -0.05) is 52.3 Å². The molecule has 2 aromatic rings. The van der Waals surface area contributed by atoms with Crippen molar-refractivity contribution in [1.29, 1.82) is 0 Å². The molecule has 2 amide bonds. The van der Waals surface area contributed by atoms with Gasteiger partial charge in [-0.05, 0) is 36.6 Å². The number of carbonyl (C=O) groups excluding carboxylic acids is 2. The second-order valence-corrected chi connectivity index (χ2v) is 12.5. The molecule has 0 aromatic heterocycles. The van der Waals surface area contributed by atoms with Gasteiger partial charge in [0.05, 0.1) is 23.4 Å². The van der Waals surface area contributed by atoms with E-state index in [4.69, 9.17) is 11.6 Å². The fourth-order valence-corrected chi connectivity index (χ4v) is 5.01. The highest BCUT2D eigenvalue weighted by atomic mass is 35.5. The summed E-state index contributed by atoms with van der Waals surface area (Å²) in [5.41, 5.74) is -0.502. The molecule has 12 heteroatoms. The Morgan fingerprint density at radius 2 is 1.74 bits per heavy atom. The predicted octanol–water partition coefficient (Wildman–Crippen LogP) is 7.02. The maximum absolute atomic E-state index is 15.0. The molecular weight excluding hydrogens is 579 g/mol. The lowest BCUT2D eigenvalue weighted by Crippen LogP contribution is -2.54. The molecule has 1 atom stereocenters. The Hall–Kier alpha value is -2.92. The maximum Gasteiger partial charge on any atom is 0.390 e. The second kappa shape index (κ2) is 13.6. The summed E-state index contributed by atoms with van der Waals surface area (Å²) in [6, 6.07) is 6.96. The van der Waals surface area contributed by atoms with Crippen LogP contribution in [0.3, 0.4) is 0 Å². The van der Waals surface area contributed by atoms with Crippen molar-refractivity contribution in [2.75, 3.05) is 36.4 Å². The number of piperazine rings is 1. The average Bonchev–Trinajstić information content (AvgIpc) is 2.88. The minimum Gasteiger partial charge on any atom is -0.367 e. The van der Waals surface area contributed by atoms with E-state index in [2.05, 4.69) is 10.6 Å². The number of nitrogens with zero attached hydrogens (tertiary/aromatic N) is 2. The van der Waals surface area contributed by atoms with E-state index in [0.29, 0.717) is 42.5 Å². The van der Waals surface area contributed by atoms with Crippen molar-refractivity contribution < 1.29 is 31.5 Å². The van der Waals surface area contributed by atoms with Gasteiger partial charge in [0.1, 0.15) is 0 Å². The molecule has 1 aliphatic heterocycles. The molecule has 2 N–H and O–H groups in total. The van der Waals surface area contributed by atoms with Gasteiger partial charge in [0.15, 0.2) is 11.6 Å². The van der Waals surface area contributed by atoms with E-state index in [1.807, 2.05) is 23.6 Å². The van der Waals surface area contributed by atoms with E-state index in [0.717, 1.165) is 6.07 Å². The first kappa shape index (κ1) is 33.6. The van der Waals surface area contributed by atoms with Crippen LogP contribution >= 0.6 is 11.6 Å². The first-order valence-corrected chi connectivity index (χ1v) is 14.3. The van der Waals surface area contributed by atoms with E-state index >= 15 is 0 Å². The van der Waals surface area contributed by atoms with Crippen molar-refractivity contribution in [1.82, 2.24) is 10.2 Å². The number of halogens is 6. The lowest BCUT2D eigenvalue weighted by Gasteiger charge is -2.43. The van der Waals surface area contributed by atoms with Crippen LogP contribution in [0.15, 0.2) is 30.3 Å². The molecule has 2 aromatic carbocycles. The number of alkyl halides is 3. The molecule has 0 saturated carbocycles. The van der Waals surface area contributed by atoms with Crippen LogP contribution in [0.4, 0.5) is 33.3 Å². The van der Waals surface area contributed by atoms with Crippen LogP contribution in [-0.2, 0) is 11.3 Å². The summed E-state index contributed by atoms with van der Waals surface area (Å²) in [4.78, 5) is 29.0. The highest BCUT2D eigenvalue weighted by molar-refractivity contribution is 6.31. The zero-order valence-corrected chi connectivity index (χ0v) is 25.2. The third-order valence-electron chi connectivity index (χ3n) is 7.11. The minimum absolute atomic E-state index is 0.103. The lowest BCUT2D eigenvalue weighted by atomic mass is 9.95. The smallest absolute Gasteiger partial charge is 0.367 e. The molecular formula is C30H38ClF5N4O2. The molecule has 3 rings (SSSR count). The highest BCUT2D eigenvalue weighted by Crippen LogP contribution is 2.33. The van der Waals surface area contributed by atoms with Gasteiger partial charge in [-0.3, -0.25) is 14.5 Å². The second-order valence-electron chi connectivity index (χ2n) is 12.1. The number of hydrogen-bond acceptors (Lipinski definition) is 4. The monoisotopic (exact) mass is 616 g/mol. The van der Waals surface area contributed by atoms with Crippen molar-refractivity contribution in [2.45, 2.75) is 66.2 Å². The minimum atomic E-state index is -4.25. The molecule has 1 aliphatic rings. The number of rotatable bonds is 9. The van der Waals surface area contributed by atoms with Gasteiger partial charge in [-0.2, -0.15) is 13.2 Å². The van der Waals surface area contributed by atoms with Gasteiger partial charge in [-0.15, -0.1) is 0 Å². The van der Waals surface area contributed by atoms with Crippen molar-refractivity contribution in [3.8, 4) is 0 Å². The van der Waals surface area contributed by atoms with Crippen LogP contribution in [0.25, 0.3) is 0 Å². The number of anilines is 2. The first-order chi connectivity index (χ1) is 19.5. The number of benzene rings is 2.